The van der Waals surface area contributed by atoms with Crippen molar-refractivity contribution in [2.75, 3.05) is 5.32 Å². The first-order valence-corrected chi connectivity index (χ1v) is 4.92. The molecule has 0 bridgehead atoms. The molecule has 0 fully saturated rings. The molecule has 0 spiro atoms. The standard InChI is InChI=1S/C11H10N4O/c1-15-6-3-10(14-15)13-11-8-4-7-16-9(8)2-5-12-11/h2-7H,1H3,(H,12,13,14). The van der Waals surface area contributed by atoms with Gasteiger partial charge < -0.3 is 9.73 Å². The Kier molecular flexibility index (Phi) is 1.89. The monoisotopic (exact) mass is 214 g/mol. The molecule has 0 saturated heterocycles. The summed E-state index contributed by atoms with van der Waals surface area (Å²) in [5.41, 5.74) is 0.813. The number of nitrogens with zero attached hydrogens (tertiary/aromatic N) is 3. The van der Waals surface area contributed by atoms with Crippen LogP contribution < -0.4 is 5.32 Å². The van der Waals surface area contributed by atoms with Crippen molar-refractivity contribution >= 4 is 22.6 Å². The van der Waals surface area contributed by atoms with E-state index in [9.17, 15) is 0 Å². The van der Waals surface area contributed by atoms with Gasteiger partial charge in [-0.15, -0.1) is 0 Å². The molecule has 80 valence electrons. The number of rotatable bonds is 2. The Balaban J connectivity index is 2.03. The highest BCUT2D eigenvalue weighted by atomic mass is 16.3. The topological polar surface area (TPSA) is 55.9 Å². The molecule has 0 aliphatic carbocycles. The van der Waals surface area contributed by atoms with Crippen LogP contribution in [0.2, 0.25) is 0 Å². The average molecular weight is 214 g/mol. The fourth-order valence-electron chi connectivity index (χ4n) is 1.60. The Labute approximate surface area is 91.7 Å². The summed E-state index contributed by atoms with van der Waals surface area (Å²) in [4.78, 5) is 4.26. The fraction of sp³-hybridized carbons (Fsp3) is 0.0909. The molecule has 1 N–H and O–H groups in total. The Morgan fingerprint density at radius 2 is 2.25 bits per heavy atom. The number of pyridine rings is 1. The van der Waals surface area contributed by atoms with Crippen LogP contribution in [0.1, 0.15) is 0 Å². The first kappa shape index (κ1) is 8.96. The smallest absolute Gasteiger partial charge is 0.153 e. The van der Waals surface area contributed by atoms with Crippen molar-refractivity contribution in [3.63, 3.8) is 0 Å². The molecular formula is C11H10N4O. The van der Waals surface area contributed by atoms with Crippen LogP contribution in [0.25, 0.3) is 11.0 Å². The second-order valence-corrected chi connectivity index (χ2v) is 3.49. The quantitative estimate of drug-likeness (QED) is 0.711. The number of furan rings is 1. The molecule has 3 aromatic heterocycles. The van der Waals surface area contributed by atoms with Gasteiger partial charge in [-0.2, -0.15) is 5.10 Å². The Morgan fingerprint density at radius 1 is 1.31 bits per heavy atom. The molecule has 3 rings (SSSR count). The molecule has 3 aromatic rings. The molecule has 0 aliphatic heterocycles. The highest BCUT2D eigenvalue weighted by Crippen LogP contribution is 2.23. The van der Waals surface area contributed by atoms with E-state index in [0.29, 0.717) is 0 Å². The molecule has 5 nitrogen and oxygen atoms in total. The van der Waals surface area contributed by atoms with E-state index in [1.807, 2.05) is 31.4 Å². The number of aromatic nitrogens is 3. The molecule has 0 radical (unpaired) electrons. The van der Waals surface area contributed by atoms with Crippen molar-refractivity contribution in [2.45, 2.75) is 0 Å². The summed E-state index contributed by atoms with van der Waals surface area (Å²) in [7, 11) is 1.87. The highest BCUT2D eigenvalue weighted by molar-refractivity contribution is 5.89. The predicted octanol–water partition coefficient (Wildman–Crippen LogP) is 2.30. The predicted molar refractivity (Wildman–Crippen MR) is 60.5 cm³/mol. The third kappa shape index (κ3) is 1.42. The Bertz CT molecular complexity index is 625. The fourth-order valence-corrected chi connectivity index (χ4v) is 1.60. The van der Waals surface area contributed by atoms with Gasteiger partial charge >= 0.3 is 0 Å². The van der Waals surface area contributed by atoms with Crippen LogP contribution in [-0.2, 0) is 7.05 Å². The van der Waals surface area contributed by atoms with Crippen molar-refractivity contribution in [3.05, 3.63) is 36.9 Å². The minimum atomic E-state index is 0.755. The third-order valence-corrected chi connectivity index (χ3v) is 2.34. The van der Waals surface area contributed by atoms with Gasteiger partial charge in [0.15, 0.2) is 5.82 Å². The lowest BCUT2D eigenvalue weighted by Crippen LogP contribution is -1.95. The lowest BCUT2D eigenvalue weighted by Gasteiger charge is -2.02. The summed E-state index contributed by atoms with van der Waals surface area (Å²) < 4.78 is 7.03. The van der Waals surface area contributed by atoms with Gasteiger partial charge in [-0.25, -0.2) is 4.98 Å². The van der Waals surface area contributed by atoms with E-state index in [-0.39, 0.29) is 0 Å². The van der Waals surface area contributed by atoms with E-state index < -0.39 is 0 Å². The van der Waals surface area contributed by atoms with Gasteiger partial charge in [-0.3, -0.25) is 4.68 Å². The van der Waals surface area contributed by atoms with Crippen molar-refractivity contribution in [2.24, 2.45) is 7.05 Å². The maximum Gasteiger partial charge on any atom is 0.153 e. The SMILES string of the molecule is Cn1ccc(Nc2nccc3occc23)n1. The van der Waals surface area contributed by atoms with Crippen LogP contribution in [-0.4, -0.2) is 14.8 Å². The third-order valence-electron chi connectivity index (χ3n) is 2.34. The number of hydrogen-bond donors (Lipinski definition) is 1. The maximum absolute atomic E-state index is 5.30. The van der Waals surface area contributed by atoms with Crippen molar-refractivity contribution in [1.82, 2.24) is 14.8 Å². The van der Waals surface area contributed by atoms with Crippen LogP contribution in [0, 0.1) is 0 Å². The summed E-state index contributed by atoms with van der Waals surface area (Å²) in [5, 5.41) is 8.33. The van der Waals surface area contributed by atoms with Gasteiger partial charge in [0.05, 0.1) is 11.6 Å². The van der Waals surface area contributed by atoms with Gasteiger partial charge in [-0.1, -0.05) is 0 Å². The summed E-state index contributed by atoms with van der Waals surface area (Å²) in [6.07, 6.45) is 5.23. The minimum absolute atomic E-state index is 0.755. The lowest BCUT2D eigenvalue weighted by molar-refractivity contribution is 0.615. The molecule has 0 aromatic carbocycles. The second kappa shape index (κ2) is 3.37. The average Bonchev–Trinajstić information content (AvgIpc) is 2.87. The molecule has 16 heavy (non-hydrogen) atoms. The van der Waals surface area contributed by atoms with E-state index >= 15 is 0 Å². The van der Waals surface area contributed by atoms with E-state index in [1.165, 1.54) is 0 Å². The van der Waals surface area contributed by atoms with E-state index in [4.69, 9.17) is 4.42 Å². The van der Waals surface area contributed by atoms with Gasteiger partial charge in [0, 0.05) is 25.5 Å². The Morgan fingerprint density at radius 3 is 3.06 bits per heavy atom. The molecule has 0 atom stereocenters. The summed E-state index contributed by atoms with van der Waals surface area (Å²) in [6, 6.07) is 5.60. The summed E-state index contributed by atoms with van der Waals surface area (Å²) >= 11 is 0. The van der Waals surface area contributed by atoms with Gasteiger partial charge in [0.25, 0.3) is 0 Å². The van der Waals surface area contributed by atoms with E-state index in [0.717, 1.165) is 22.6 Å². The molecule has 0 amide bonds. The molecule has 0 unspecified atom stereocenters. The lowest BCUT2D eigenvalue weighted by atomic mass is 10.3. The number of anilines is 2. The van der Waals surface area contributed by atoms with Crippen molar-refractivity contribution in [1.29, 1.82) is 0 Å². The molecule has 3 heterocycles. The number of hydrogen-bond acceptors (Lipinski definition) is 4. The van der Waals surface area contributed by atoms with Crippen molar-refractivity contribution in [3.8, 4) is 0 Å². The van der Waals surface area contributed by atoms with Crippen LogP contribution in [0.15, 0.2) is 41.3 Å². The molecule has 0 aliphatic rings. The zero-order valence-electron chi connectivity index (χ0n) is 8.71. The number of fused-ring (bicyclic) bond motifs is 1. The van der Waals surface area contributed by atoms with Gasteiger partial charge in [0.1, 0.15) is 11.4 Å². The summed E-state index contributed by atoms with van der Waals surface area (Å²) in [6.45, 7) is 0. The second-order valence-electron chi connectivity index (χ2n) is 3.49. The largest absolute Gasteiger partial charge is 0.464 e. The molecular weight excluding hydrogens is 204 g/mol. The van der Waals surface area contributed by atoms with Crippen LogP contribution in [0.4, 0.5) is 11.6 Å². The number of nitrogens with one attached hydrogen (secondary N) is 1. The van der Waals surface area contributed by atoms with Crippen LogP contribution in [0.5, 0.6) is 0 Å². The van der Waals surface area contributed by atoms with E-state index in [2.05, 4.69) is 15.4 Å². The normalized spacial score (nSPS) is 10.8. The van der Waals surface area contributed by atoms with Gasteiger partial charge in [0.2, 0.25) is 0 Å². The zero-order chi connectivity index (χ0) is 11.0. The van der Waals surface area contributed by atoms with Crippen LogP contribution in [0.3, 0.4) is 0 Å². The summed E-state index contributed by atoms with van der Waals surface area (Å²) in [5.74, 6) is 1.52. The minimum Gasteiger partial charge on any atom is -0.464 e. The first-order valence-electron chi connectivity index (χ1n) is 4.92. The number of aryl methyl sites for hydroxylation is 1. The van der Waals surface area contributed by atoms with Gasteiger partial charge in [-0.05, 0) is 12.1 Å². The van der Waals surface area contributed by atoms with E-state index in [1.54, 1.807) is 17.1 Å². The van der Waals surface area contributed by atoms with Crippen molar-refractivity contribution < 1.29 is 4.42 Å². The molecule has 5 heteroatoms. The Hall–Kier alpha value is -2.30. The maximum atomic E-state index is 5.30. The first-order chi connectivity index (χ1) is 7.83. The highest BCUT2D eigenvalue weighted by Gasteiger charge is 2.05. The zero-order valence-corrected chi connectivity index (χ0v) is 8.71. The van der Waals surface area contributed by atoms with Crippen LogP contribution >= 0.6 is 0 Å². The molecule has 0 saturated carbocycles.